The molecule has 0 rings (SSSR count). The Balaban J connectivity index is 2.83. The number of hydrogen-bond donors (Lipinski definition) is 1. The molecule has 0 bridgehead atoms. The normalized spacial score (nSPS) is 10.2. The van der Waals surface area contributed by atoms with Gasteiger partial charge in [0.05, 0.1) is 26.4 Å². The van der Waals surface area contributed by atoms with E-state index in [1.165, 1.54) is 0 Å². The van der Waals surface area contributed by atoms with Crippen LogP contribution in [0.2, 0.25) is 0 Å². The average molecular weight is 218 g/mol. The number of rotatable bonds is 12. The second-order valence-corrected chi connectivity index (χ2v) is 2.80. The molecule has 0 fully saturated rings. The molecule has 0 saturated heterocycles. The molecule has 0 aromatic heterocycles. The van der Waals surface area contributed by atoms with Crippen LogP contribution < -0.4 is 5.32 Å². The molecule has 1 amide bonds. The first-order chi connectivity index (χ1) is 7.41. The maximum atomic E-state index is 9.76. The Bertz CT molecular complexity index is 133. The van der Waals surface area contributed by atoms with Gasteiger partial charge in [-0.2, -0.15) is 0 Å². The molecular weight excluding hydrogens is 198 g/mol. The van der Waals surface area contributed by atoms with Gasteiger partial charge in [-0.1, -0.05) is 0 Å². The highest BCUT2D eigenvalue weighted by Gasteiger charge is 1.90. The molecule has 0 saturated carbocycles. The minimum atomic E-state index is 0.580. The largest absolute Gasteiger partial charge is 0.379 e. The summed E-state index contributed by atoms with van der Waals surface area (Å²) >= 11 is 0. The van der Waals surface area contributed by atoms with Gasteiger partial charge >= 0.3 is 6.41 Å². The van der Waals surface area contributed by atoms with Gasteiger partial charge in [0.25, 0.3) is 0 Å². The maximum absolute atomic E-state index is 9.76. The van der Waals surface area contributed by atoms with Crippen LogP contribution in [0.3, 0.4) is 0 Å². The van der Waals surface area contributed by atoms with Crippen molar-refractivity contribution in [3.8, 4) is 0 Å². The van der Waals surface area contributed by atoms with E-state index in [0.29, 0.717) is 39.6 Å². The van der Waals surface area contributed by atoms with Crippen molar-refractivity contribution >= 4 is 6.41 Å². The van der Waals surface area contributed by atoms with E-state index in [2.05, 4.69) is 5.32 Å². The fourth-order valence-corrected chi connectivity index (χ4v) is 0.898. The maximum Gasteiger partial charge on any atom is 0.309 e. The van der Waals surface area contributed by atoms with E-state index in [4.69, 9.17) is 14.2 Å². The lowest BCUT2D eigenvalue weighted by Crippen LogP contribution is -2.15. The molecule has 0 unspecified atom stereocenters. The Kier molecular flexibility index (Phi) is 12.8. The van der Waals surface area contributed by atoms with Gasteiger partial charge in [0.15, 0.2) is 0 Å². The van der Waals surface area contributed by atoms with Crippen LogP contribution in [0.15, 0.2) is 0 Å². The van der Waals surface area contributed by atoms with E-state index >= 15 is 0 Å². The van der Waals surface area contributed by atoms with Crippen LogP contribution in [-0.2, 0) is 19.0 Å². The fraction of sp³-hybridized carbons (Fsp3) is 0.900. The summed E-state index contributed by atoms with van der Waals surface area (Å²) in [4.78, 5) is 9.76. The smallest absolute Gasteiger partial charge is 0.309 e. The predicted octanol–water partition coefficient (Wildman–Crippen LogP) is 0.103. The molecule has 0 aliphatic heterocycles. The van der Waals surface area contributed by atoms with E-state index in [9.17, 15) is 4.79 Å². The minimum Gasteiger partial charge on any atom is -0.379 e. The molecule has 0 aliphatic rings. The zero-order valence-corrected chi connectivity index (χ0v) is 9.29. The summed E-state index contributed by atoms with van der Waals surface area (Å²) in [7, 11) is 0. The molecule has 0 aliphatic carbocycles. The van der Waals surface area contributed by atoms with Crippen molar-refractivity contribution in [2.24, 2.45) is 0 Å². The predicted molar refractivity (Wildman–Crippen MR) is 56.4 cm³/mol. The molecule has 0 spiro atoms. The van der Waals surface area contributed by atoms with E-state index in [1.54, 1.807) is 6.41 Å². The lowest BCUT2D eigenvalue weighted by Gasteiger charge is -2.05. The first kappa shape index (κ1) is 14.3. The van der Waals surface area contributed by atoms with E-state index in [0.717, 1.165) is 13.0 Å². The molecule has 0 aromatic rings. The molecule has 0 heterocycles. The molecule has 1 N–H and O–H groups in total. The average Bonchev–Trinajstić information content (AvgIpc) is 2.26. The van der Waals surface area contributed by atoms with E-state index < -0.39 is 0 Å². The highest BCUT2D eigenvalue weighted by atomic mass is 16.5. The number of nitrogens with one attached hydrogen (secondary N) is 1. The monoisotopic (exact) mass is 218 g/mol. The van der Waals surface area contributed by atoms with Gasteiger partial charge in [-0.15, -0.1) is 0 Å². The Labute approximate surface area is 91.1 Å². The van der Waals surface area contributed by atoms with Crippen LogP contribution in [0.1, 0.15) is 13.3 Å². The van der Waals surface area contributed by atoms with Crippen LogP contribution in [0.4, 0.5) is 0 Å². The summed E-state index contributed by atoms with van der Waals surface area (Å²) < 4.78 is 15.6. The minimum absolute atomic E-state index is 0.580. The number of ether oxygens (including phenoxy) is 3. The van der Waals surface area contributed by atoms with E-state index in [1.807, 2.05) is 6.92 Å². The van der Waals surface area contributed by atoms with Crippen molar-refractivity contribution < 1.29 is 19.0 Å². The van der Waals surface area contributed by atoms with Gasteiger partial charge in [-0.05, 0) is 13.3 Å². The van der Waals surface area contributed by atoms with Crippen molar-refractivity contribution in [1.29, 1.82) is 0 Å². The van der Waals surface area contributed by atoms with Crippen LogP contribution >= 0.6 is 0 Å². The first-order valence-electron chi connectivity index (χ1n) is 5.25. The SMILES string of the molecule is CCOCCOCCOCCCN[C]=O. The van der Waals surface area contributed by atoms with Crippen LogP contribution in [-0.4, -0.2) is 52.6 Å². The van der Waals surface area contributed by atoms with Gasteiger partial charge in [0.1, 0.15) is 0 Å². The van der Waals surface area contributed by atoms with Crippen molar-refractivity contribution in [2.45, 2.75) is 13.3 Å². The zero-order valence-electron chi connectivity index (χ0n) is 9.29. The summed E-state index contributed by atoms with van der Waals surface area (Å²) in [6.07, 6.45) is 2.40. The summed E-state index contributed by atoms with van der Waals surface area (Å²) in [5.74, 6) is 0. The summed E-state index contributed by atoms with van der Waals surface area (Å²) in [5.41, 5.74) is 0. The second-order valence-electron chi connectivity index (χ2n) is 2.80. The molecule has 1 radical (unpaired) electrons. The highest BCUT2D eigenvalue weighted by Crippen LogP contribution is 1.83. The summed E-state index contributed by atoms with van der Waals surface area (Å²) in [5, 5.41) is 2.44. The standard InChI is InChI=1S/C10H20NO4/c1-2-13-6-7-15-9-8-14-5-3-4-11-10-12/h2-9H2,1H3,(H,11,12). The quantitative estimate of drug-likeness (QED) is 0.373. The Hall–Kier alpha value is -0.650. The van der Waals surface area contributed by atoms with Crippen LogP contribution in [0.5, 0.6) is 0 Å². The van der Waals surface area contributed by atoms with Gasteiger partial charge in [0.2, 0.25) is 0 Å². The van der Waals surface area contributed by atoms with Crippen LogP contribution in [0.25, 0.3) is 0 Å². The third-order valence-corrected chi connectivity index (χ3v) is 1.61. The third kappa shape index (κ3) is 13.3. The van der Waals surface area contributed by atoms with Gasteiger partial charge in [-0.25, -0.2) is 0 Å². The second kappa shape index (κ2) is 13.4. The third-order valence-electron chi connectivity index (χ3n) is 1.61. The van der Waals surface area contributed by atoms with Crippen molar-refractivity contribution in [3.05, 3.63) is 0 Å². The fourth-order valence-electron chi connectivity index (χ4n) is 0.898. The van der Waals surface area contributed by atoms with Gasteiger partial charge < -0.3 is 19.5 Å². The summed E-state index contributed by atoms with van der Waals surface area (Å²) in [6.45, 7) is 6.32. The topological polar surface area (TPSA) is 56.8 Å². The van der Waals surface area contributed by atoms with Crippen LogP contribution in [0, 0.1) is 0 Å². The summed E-state index contributed by atoms with van der Waals surface area (Å²) in [6, 6.07) is 0. The molecule has 5 heteroatoms. The van der Waals surface area contributed by atoms with Crippen molar-refractivity contribution in [3.63, 3.8) is 0 Å². The van der Waals surface area contributed by atoms with Crippen molar-refractivity contribution in [2.75, 3.05) is 46.2 Å². The first-order valence-corrected chi connectivity index (χ1v) is 5.25. The highest BCUT2D eigenvalue weighted by molar-refractivity contribution is 5.46. The lowest BCUT2D eigenvalue weighted by atomic mass is 10.4. The zero-order chi connectivity index (χ0) is 11.2. The molecule has 89 valence electrons. The number of carbonyl (C=O) groups excluding carboxylic acids is 1. The molecule has 0 atom stereocenters. The molecule has 5 nitrogen and oxygen atoms in total. The Morgan fingerprint density at radius 2 is 1.60 bits per heavy atom. The lowest BCUT2D eigenvalue weighted by molar-refractivity contribution is 0.0167. The molecular formula is C10H20NO4. The Morgan fingerprint density at radius 1 is 1.00 bits per heavy atom. The van der Waals surface area contributed by atoms with Gasteiger partial charge in [-0.3, -0.25) is 4.79 Å². The van der Waals surface area contributed by atoms with E-state index in [-0.39, 0.29) is 0 Å². The number of hydrogen-bond acceptors (Lipinski definition) is 4. The molecule has 0 aromatic carbocycles. The molecule has 15 heavy (non-hydrogen) atoms. The van der Waals surface area contributed by atoms with Gasteiger partial charge in [0, 0.05) is 19.8 Å². The Morgan fingerprint density at radius 3 is 2.20 bits per heavy atom. The van der Waals surface area contributed by atoms with Crippen molar-refractivity contribution in [1.82, 2.24) is 5.32 Å². The number of amides is 1.